The van der Waals surface area contributed by atoms with Gasteiger partial charge in [-0.15, -0.1) is 0 Å². The van der Waals surface area contributed by atoms with Crippen LogP contribution in [-0.4, -0.2) is 144 Å². The molecule has 1 fully saturated rings. The summed E-state index contributed by atoms with van der Waals surface area (Å²) < 4.78 is 22.3. The van der Waals surface area contributed by atoms with Gasteiger partial charge in [0.15, 0.2) is 24.4 Å². The van der Waals surface area contributed by atoms with Crippen molar-refractivity contribution in [1.29, 1.82) is 0 Å². The quantitative estimate of drug-likeness (QED) is 0.118. The Hall–Kier alpha value is -5.06. The SMILES string of the molecule is CC[C@H](C)[C@H](NC)C(=O)O[C@H](C)C(=O)N(C)[C@@H](CC(C)C)C(=O)O[C@H](C)C(=O)N(C)[C@@H](CC(C)C)C(=O)O[C@H](Cc1ccccc1)C(=O)N1CCCC[C@H]1C(=O)O[C@H](C)C(=O)O. The summed E-state index contributed by atoms with van der Waals surface area (Å²) >= 11 is 0. The molecule has 0 saturated carbocycles. The predicted octanol–water partition coefficient (Wildman–Crippen LogP) is 3.78. The monoisotopic (exact) mass is 874 g/mol. The number of nitrogens with zero attached hydrogens (tertiary/aromatic N) is 3. The van der Waals surface area contributed by atoms with E-state index in [1.807, 2.05) is 41.5 Å². The van der Waals surface area contributed by atoms with Gasteiger partial charge in [-0.3, -0.25) is 19.2 Å². The van der Waals surface area contributed by atoms with Crippen molar-refractivity contribution in [1.82, 2.24) is 20.0 Å². The summed E-state index contributed by atoms with van der Waals surface area (Å²) in [5.41, 5.74) is 0.653. The van der Waals surface area contributed by atoms with Gasteiger partial charge in [0, 0.05) is 27.1 Å². The number of hydrogen-bond donors (Lipinski definition) is 2. The molecule has 62 heavy (non-hydrogen) atoms. The summed E-state index contributed by atoms with van der Waals surface area (Å²) in [5.74, 6) is -6.98. The van der Waals surface area contributed by atoms with E-state index in [2.05, 4.69) is 5.32 Å². The molecule has 0 radical (unpaired) electrons. The highest BCUT2D eigenvalue weighted by molar-refractivity contribution is 5.93. The maximum Gasteiger partial charge on any atom is 0.344 e. The minimum absolute atomic E-state index is 0.0597. The molecule has 0 unspecified atom stereocenters. The Morgan fingerprint density at radius 3 is 1.69 bits per heavy atom. The van der Waals surface area contributed by atoms with E-state index in [-0.39, 0.29) is 50.0 Å². The van der Waals surface area contributed by atoms with Gasteiger partial charge < -0.3 is 44.1 Å². The third-order valence-electron chi connectivity index (χ3n) is 11.1. The van der Waals surface area contributed by atoms with E-state index in [4.69, 9.17) is 18.9 Å². The lowest BCUT2D eigenvalue weighted by Gasteiger charge is -2.37. The molecule has 17 heteroatoms. The topological polar surface area (TPSA) is 215 Å². The van der Waals surface area contributed by atoms with Gasteiger partial charge in [0.25, 0.3) is 17.7 Å². The van der Waals surface area contributed by atoms with Gasteiger partial charge in [-0.1, -0.05) is 78.3 Å². The minimum Gasteiger partial charge on any atom is -0.479 e. The molecule has 2 rings (SSSR count). The maximum atomic E-state index is 14.3. The summed E-state index contributed by atoms with van der Waals surface area (Å²) in [6, 6.07) is 4.67. The molecule has 0 bridgehead atoms. The van der Waals surface area contributed by atoms with Gasteiger partial charge in [-0.05, 0) is 83.2 Å². The maximum absolute atomic E-state index is 14.3. The second-order valence-corrected chi connectivity index (χ2v) is 17.1. The third kappa shape index (κ3) is 15.4. The van der Waals surface area contributed by atoms with Crippen LogP contribution in [0, 0.1) is 17.8 Å². The molecule has 1 saturated heterocycles. The Kier molecular flexibility index (Phi) is 21.5. The number of likely N-dealkylation sites (tertiary alicyclic amines) is 1. The molecular formula is C45H70N4O13. The van der Waals surface area contributed by atoms with Crippen molar-refractivity contribution in [2.45, 2.75) is 156 Å². The van der Waals surface area contributed by atoms with E-state index < -0.39 is 96.2 Å². The molecule has 1 heterocycles. The van der Waals surface area contributed by atoms with Crippen LogP contribution in [0.25, 0.3) is 0 Å². The number of carboxylic acids is 1. The van der Waals surface area contributed by atoms with E-state index in [0.29, 0.717) is 24.8 Å². The third-order valence-corrected chi connectivity index (χ3v) is 11.1. The van der Waals surface area contributed by atoms with Crippen molar-refractivity contribution in [3.63, 3.8) is 0 Å². The number of piperidine rings is 1. The first-order valence-electron chi connectivity index (χ1n) is 21.7. The average molecular weight is 875 g/mol. The first kappa shape index (κ1) is 53.1. The zero-order valence-corrected chi connectivity index (χ0v) is 38.6. The number of benzene rings is 1. The van der Waals surface area contributed by atoms with Crippen LogP contribution in [0.2, 0.25) is 0 Å². The number of nitrogens with one attached hydrogen (secondary N) is 1. The van der Waals surface area contributed by atoms with E-state index in [9.17, 15) is 43.5 Å². The molecule has 1 aliphatic heterocycles. The second kappa shape index (κ2) is 25.1. The van der Waals surface area contributed by atoms with Gasteiger partial charge in [-0.25, -0.2) is 19.2 Å². The van der Waals surface area contributed by atoms with E-state index in [1.165, 1.54) is 39.8 Å². The van der Waals surface area contributed by atoms with Crippen molar-refractivity contribution in [2.24, 2.45) is 17.8 Å². The fourth-order valence-electron chi connectivity index (χ4n) is 7.22. The Morgan fingerprint density at radius 2 is 1.23 bits per heavy atom. The molecule has 3 amide bonds. The van der Waals surface area contributed by atoms with Crippen molar-refractivity contribution in [3.8, 4) is 0 Å². The molecule has 17 nitrogen and oxygen atoms in total. The Balaban J connectivity index is 2.35. The van der Waals surface area contributed by atoms with Crippen molar-refractivity contribution >= 4 is 47.6 Å². The lowest BCUT2D eigenvalue weighted by Crippen LogP contribution is -2.55. The molecule has 0 aliphatic carbocycles. The van der Waals surface area contributed by atoms with Crippen LogP contribution in [0.3, 0.4) is 0 Å². The van der Waals surface area contributed by atoms with E-state index in [1.54, 1.807) is 37.4 Å². The van der Waals surface area contributed by atoms with Crippen molar-refractivity contribution in [3.05, 3.63) is 35.9 Å². The van der Waals surface area contributed by atoms with Crippen molar-refractivity contribution < 1.29 is 62.4 Å². The fraction of sp³-hybridized carbons (Fsp3) is 0.689. The minimum atomic E-state index is -1.44. The molecule has 9 atom stereocenters. The summed E-state index contributed by atoms with van der Waals surface area (Å²) in [7, 11) is 4.39. The lowest BCUT2D eigenvalue weighted by atomic mass is 9.99. The first-order chi connectivity index (χ1) is 29.0. The Bertz CT molecular complexity index is 1690. The summed E-state index contributed by atoms with van der Waals surface area (Å²) in [5, 5.41) is 12.2. The number of rotatable bonds is 23. The van der Waals surface area contributed by atoms with Gasteiger partial charge in [0.1, 0.15) is 24.2 Å². The number of carboxylic acid groups (broad SMARTS) is 1. The molecular weight excluding hydrogens is 805 g/mol. The number of aliphatic carboxylic acids is 1. The normalized spacial score (nSPS) is 17.9. The van der Waals surface area contributed by atoms with Crippen LogP contribution in [0.4, 0.5) is 0 Å². The van der Waals surface area contributed by atoms with Gasteiger partial charge in [0.2, 0.25) is 0 Å². The predicted molar refractivity (Wildman–Crippen MR) is 228 cm³/mol. The average Bonchev–Trinajstić information content (AvgIpc) is 3.23. The second-order valence-electron chi connectivity index (χ2n) is 17.1. The number of amides is 3. The highest BCUT2D eigenvalue weighted by atomic mass is 16.6. The van der Waals surface area contributed by atoms with Crippen LogP contribution in [0.1, 0.15) is 106 Å². The first-order valence-corrected chi connectivity index (χ1v) is 21.7. The summed E-state index contributed by atoms with van der Waals surface area (Å²) in [6.07, 6.45) is -3.29. The number of hydrogen-bond acceptors (Lipinski definition) is 13. The summed E-state index contributed by atoms with van der Waals surface area (Å²) in [4.78, 5) is 111. The number of carbonyl (C=O) groups is 8. The lowest BCUT2D eigenvalue weighted by molar-refractivity contribution is -0.175. The molecule has 1 aliphatic rings. The van der Waals surface area contributed by atoms with Crippen molar-refractivity contribution in [2.75, 3.05) is 27.7 Å². The smallest absolute Gasteiger partial charge is 0.344 e. The largest absolute Gasteiger partial charge is 0.479 e. The number of carbonyl (C=O) groups excluding carboxylic acids is 7. The van der Waals surface area contributed by atoms with Gasteiger partial charge in [-0.2, -0.15) is 0 Å². The van der Waals surface area contributed by atoms with E-state index >= 15 is 0 Å². The highest BCUT2D eigenvalue weighted by Gasteiger charge is 2.42. The highest BCUT2D eigenvalue weighted by Crippen LogP contribution is 2.24. The van der Waals surface area contributed by atoms with Crippen LogP contribution >= 0.6 is 0 Å². The van der Waals surface area contributed by atoms with Crippen LogP contribution < -0.4 is 5.32 Å². The van der Waals surface area contributed by atoms with Crippen LogP contribution in [-0.2, 0) is 63.7 Å². The Labute approximate surface area is 366 Å². The number of likely N-dealkylation sites (N-methyl/N-ethyl adjacent to an activating group) is 3. The van der Waals surface area contributed by atoms with Crippen LogP contribution in [0.15, 0.2) is 30.3 Å². The standard InChI is InChI=1S/C45H70N4O13/c1-13-28(6)37(46-10)45(58)60-30(8)39(51)47(11)34(23-26(2)3)43(56)59-29(7)38(50)48(12)35(24-27(4)5)44(57)62-36(25-32-19-15-14-16-20-32)40(52)49-22-18-17-21-33(49)42(55)61-31(9)41(53)54/h14-16,19-20,26-31,33-37,46H,13,17-18,21-25H2,1-12H3,(H,53,54)/t28-,29+,30+,31+,33-,34-,35-,36+,37-/m0/s1. The molecule has 0 aromatic heterocycles. The zero-order valence-electron chi connectivity index (χ0n) is 38.6. The molecule has 1 aromatic carbocycles. The molecule has 348 valence electrons. The Morgan fingerprint density at radius 1 is 0.726 bits per heavy atom. The van der Waals surface area contributed by atoms with E-state index in [0.717, 1.165) is 9.80 Å². The zero-order chi connectivity index (χ0) is 47.0. The number of ether oxygens (including phenoxy) is 4. The molecule has 1 aromatic rings. The summed E-state index contributed by atoms with van der Waals surface area (Å²) in [6.45, 7) is 15.3. The molecule has 2 N–H and O–H groups in total. The van der Waals surface area contributed by atoms with Gasteiger partial charge >= 0.3 is 29.8 Å². The molecule has 0 spiro atoms. The fourth-order valence-corrected chi connectivity index (χ4v) is 7.22. The number of esters is 4. The van der Waals surface area contributed by atoms with Gasteiger partial charge in [0.05, 0.1) is 0 Å². The van der Waals surface area contributed by atoms with Crippen LogP contribution in [0.5, 0.6) is 0 Å².